The van der Waals surface area contributed by atoms with E-state index in [1.54, 1.807) is 7.11 Å². The molecule has 22 heavy (non-hydrogen) atoms. The number of ether oxygens (including phenoxy) is 1. The molecule has 0 bridgehead atoms. The van der Waals surface area contributed by atoms with Gasteiger partial charge in [0.25, 0.3) is 0 Å². The fraction of sp³-hybridized carbons (Fsp3) is 0.923. The molecule has 0 spiro atoms. The minimum absolute atomic E-state index is 0. The summed E-state index contributed by atoms with van der Waals surface area (Å²) in [5, 5.41) is 6.38. The van der Waals surface area contributed by atoms with E-state index in [9.17, 15) is 13.2 Å². The zero-order valence-electron chi connectivity index (χ0n) is 13.2. The van der Waals surface area contributed by atoms with E-state index in [1.165, 1.54) is 4.90 Å². The summed E-state index contributed by atoms with van der Waals surface area (Å²) in [6.45, 7) is 4.99. The molecule has 1 aliphatic rings. The minimum atomic E-state index is -4.14. The second-order valence-electron chi connectivity index (χ2n) is 5.30. The number of hydrogen-bond donors (Lipinski definition) is 2. The first kappa shape index (κ1) is 21.7. The van der Waals surface area contributed by atoms with Crippen LogP contribution in [0.25, 0.3) is 0 Å². The Morgan fingerprint density at radius 1 is 1.45 bits per heavy atom. The van der Waals surface area contributed by atoms with Crippen molar-refractivity contribution in [3.8, 4) is 0 Å². The molecule has 2 unspecified atom stereocenters. The largest absolute Gasteiger partial charge is 0.401 e. The number of alkyl halides is 3. The van der Waals surface area contributed by atoms with E-state index in [1.807, 2.05) is 13.8 Å². The Balaban J connectivity index is 0.00000441. The summed E-state index contributed by atoms with van der Waals surface area (Å²) in [7, 11) is 1.62. The molecule has 0 aromatic heterocycles. The van der Waals surface area contributed by atoms with Gasteiger partial charge in [-0.3, -0.25) is 9.89 Å². The molecule has 2 N–H and O–H groups in total. The molecule has 1 saturated heterocycles. The van der Waals surface area contributed by atoms with Crippen molar-refractivity contribution in [2.75, 3.05) is 39.9 Å². The average molecular weight is 438 g/mol. The minimum Gasteiger partial charge on any atom is -0.383 e. The van der Waals surface area contributed by atoms with Crippen LogP contribution in [0.15, 0.2) is 4.99 Å². The third-order valence-electron chi connectivity index (χ3n) is 3.13. The van der Waals surface area contributed by atoms with Crippen LogP contribution >= 0.6 is 24.0 Å². The van der Waals surface area contributed by atoms with Crippen molar-refractivity contribution in [1.82, 2.24) is 15.5 Å². The summed E-state index contributed by atoms with van der Waals surface area (Å²) in [4.78, 5) is 5.72. The molecular formula is C13H26F3IN4O. The highest BCUT2D eigenvalue weighted by Crippen LogP contribution is 2.19. The molecule has 9 heteroatoms. The van der Waals surface area contributed by atoms with Gasteiger partial charge in [-0.05, 0) is 20.3 Å². The fourth-order valence-corrected chi connectivity index (χ4v) is 2.36. The Morgan fingerprint density at radius 3 is 2.68 bits per heavy atom. The molecule has 0 radical (unpaired) electrons. The van der Waals surface area contributed by atoms with Gasteiger partial charge in [0.2, 0.25) is 0 Å². The lowest BCUT2D eigenvalue weighted by atomic mass is 10.2. The standard InChI is InChI=1S/C13H25F3N4O.HI/c1-4-17-12(18-10(2)8-21-3)19-11-5-6-20(7-11)9-13(14,15)16;/h10-11H,4-9H2,1-3H3,(H2,17,18,19);1H. The smallest absolute Gasteiger partial charge is 0.383 e. The van der Waals surface area contributed by atoms with Crippen LogP contribution in [-0.2, 0) is 4.74 Å². The number of hydrogen-bond acceptors (Lipinski definition) is 3. The Bertz CT molecular complexity index is 342. The van der Waals surface area contributed by atoms with Gasteiger partial charge in [-0.15, -0.1) is 24.0 Å². The highest BCUT2D eigenvalue weighted by atomic mass is 127. The monoisotopic (exact) mass is 438 g/mol. The SMILES string of the molecule is CCN=C(NC(C)COC)NC1CCN(CC(F)(F)F)C1.I. The molecule has 1 heterocycles. The molecule has 1 rings (SSSR count). The molecular weight excluding hydrogens is 412 g/mol. The van der Waals surface area contributed by atoms with Crippen LogP contribution in [0.1, 0.15) is 20.3 Å². The van der Waals surface area contributed by atoms with Crippen LogP contribution in [-0.4, -0.2) is 69.0 Å². The van der Waals surface area contributed by atoms with Crippen LogP contribution in [0.5, 0.6) is 0 Å². The molecule has 0 amide bonds. The molecule has 1 fully saturated rings. The lowest BCUT2D eigenvalue weighted by molar-refractivity contribution is -0.143. The zero-order chi connectivity index (χ0) is 15.9. The number of likely N-dealkylation sites (tertiary alicyclic amines) is 1. The van der Waals surface area contributed by atoms with Crippen LogP contribution < -0.4 is 10.6 Å². The maximum Gasteiger partial charge on any atom is 0.401 e. The second kappa shape index (κ2) is 10.5. The van der Waals surface area contributed by atoms with E-state index < -0.39 is 12.7 Å². The van der Waals surface area contributed by atoms with Crippen molar-refractivity contribution in [3.63, 3.8) is 0 Å². The van der Waals surface area contributed by atoms with Gasteiger partial charge in [0.15, 0.2) is 5.96 Å². The van der Waals surface area contributed by atoms with Gasteiger partial charge in [-0.1, -0.05) is 0 Å². The van der Waals surface area contributed by atoms with Crippen LogP contribution in [0, 0.1) is 0 Å². The van der Waals surface area contributed by atoms with Crippen molar-refractivity contribution in [2.45, 2.75) is 38.5 Å². The Hall–Kier alpha value is -0.290. The summed E-state index contributed by atoms with van der Waals surface area (Å²) < 4.78 is 42.1. The normalized spacial score (nSPS) is 21.4. The third kappa shape index (κ3) is 8.99. The molecule has 132 valence electrons. The number of nitrogens with one attached hydrogen (secondary N) is 2. The van der Waals surface area contributed by atoms with Gasteiger partial charge in [-0.2, -0.15) is 13.2 Å². The van der Waals surface area contributed by atoms with E-state index in [-0.39, 0.29) is 36.1 Å². The predicted molar refractivity (Wildman–Crippen MR) is 91.9 cm³/mol. The maximum atomic E-state index is 12.4. The van der Waals surface area contributed by atoms with E-state index in [0.29, 0.717) is 38.6 Å². The van der Waals surface area contributed by atoms with Crippen molar-refractivity contribution in [2.24, 2.45) is 4.99 Å². The van der Waals surface area contributed by atoms with Gasteiger partial charge in [0, 0.05) is 38.8 Å². The van der Waals surface area contributed by atoms with Gasteiger partial charge < -0.3 is 15.4 Å². The van der Waals surface area contributed by atoms with Gasteiger partial charge >= 0.3 is 6.18 Å². The van der Waals surface area contributed by atoms with Crippen LogP contribution in [0.3, 0.4) is 0 Å². The topological polar surface area (TPSA) is 48.9 Å². The number of rotatable bonds is 6. The van der Waals surface area contributed by atoms with Crippen molar-refractivity contribution in [3.05, 3.63) is 0 Å². The molecule has 0 saturated carbocycles. The Morgan fingerprint density at radius 2 is 2.14 bits per heavy atom. The number of guanidine groups is 1. The van der Waals surface area contributed by atoms with Crippen LogP contribution in [0.2, 0.25) is 0 Å². The van der Waals surface area contributed by atoms with Crippen LogP contribution in [0.4, 0.5) is 13.2 Å². The van der Waals surface area contributed by atoms with Crippen molar-refractivity contribution < 1.29 is 17.9 Å². The molecule has 2 atom stereocenters. The Labute approximate surface area is 147 Å². The second-order valence-corrected chi connectivity index (χ2v) is 5.30. The lowest BCUT2D eigenvalue weighted by Gasteiger charge is -2.22. The first-order chi connectivity index (χ1) is 9.84. The van der Waals surface area contributed by atoms with E-state index in [4.69, 9.17) is 4.74 Å². The summed E-state index contributed by atoms with van der Waals surface area (Å²) in [5.41, 5.74) is 0. The van der Waals surface area contributed by atoms with Crippen molar-refractivity contribution >= 4 is 29.9 Å². The number of halogens is 4. The average Bonchev–Trinajstić information content (AvgIpc) is 2.74. The molecule has 5 nitrogen and oxygen atoms in total. The summed E-state index contributed by atoms with van der Waals surface area (Å²) in [5.74, 6) is 0.626. The molecule has 0 aromatic rings. The van der Waals surface area contributed by atoms with E-state index in [2.05, 4.69) is 15.6 Å². The maximum absolute atomic E-state index is 12.4. The first-order valence-electron chi connectivity index (χ1n) is 7.19. The lowest BCUT2D eigenvalue weighted by Crippen LogP contribution is -2.49. The van der Waals surface area contributed by atoms with Gasteiger partial charge in [0.05, 0.1) is 13.2 Å². The van der Waals surface area contributed by atoms with Gasteiger partial charge in [-0.25, -0.2) is 0 Å². The molecule has 0 aromatic carbocycles. The zero-order valence-corrected chi connectivity index (χ0v) is 15.6. The first-order valence-corrected chi connectivity index (χ1v) is 7.19. The van der Waals surface area contributed by atoms with Gasteiger partial charge in [0.1, 0.15) is 0 Å². The number of nitrogens with zero attached hydrogens (tertiary/aromatic N) is 2. The molecule has 0 aliphatic carbocycles. The Kier molecular flexibility index (Phi) is 10.3. The quantitative estimate of drug-likeness (QED) is 0.378. The summed E-state index contributed by atoms with van der Waals surface area (Å²) >= 11 is 0. The predicted octanol–water partition coefficient (Wildman–Crippen LogP) is 1.83. The molecule has 1 aliphatic heterocycles. The van der Waals surface area contributed by atoms with E-state index in [0.717, 1.165) is 0 Å². The number of methoxy groups -OCH3 is 1. The van der Waals surface area contributed by atoms with E-state index >= 15 is 0 Å². The van der Waals surface area contributed by atoms with Crippen molar-refractivity contribution in [1.29, 1.82) is 0 Å². The third-order valence-corrected chi connectivity index (χ3v) is 3.13. The highest BCUT2D eigenvalue weighted by Gasteiger charge is 2.34. The summed E-state index contributed by atoms with van der Waals surface area (Å²) in [6.07, 6.45) is -3.46. The number of aliphatic imine (C=N–C) groups is 1. The fourth-order valence-electron chi connectivity index (χ4n) is 2.36. The highest BCUT2D eigenvalue weighted by molar-refractivity contribution is 14.0. The summed E-state index contributed by atoms with van der Waals surface area (Å²) in [6, 6.07) is 0.0698.